The van der Waals surface area contributed by atoms with Crippen LogP contribution in [0.3, 0.4) is 0 Å². The van der Waals surface area contributed by atoms with Crippen LogP contribution in [0.5, 0.6) is 0 Å². The second-order valence-corrected chi connectivity index (χ2v) is 6.41. The minimum atomic E-state index is 0.307. The minimum Gasteiger partial charge on any atom is -0.366 e. The topological polar surface area (TPSA) is 15.3 Å². The van der Waals surface area contributed by atoms with E-state index < -0.39 is 0 Å². The Kier molecular flexibility index (Phi) is 5.08. The van der Waals surface area contributed by atoms with Gasteiger partial charge in [0.1, 0.15) is 0 Å². The first-order chi connectivity index (χ1) is 9.54. The Morgan fingerprint density at radius 1 is 1.25 bits per heavy atom. The Morgan fingerprint density at radius 2 is 2.00 bits per heavy atom. The van der Waals surface area contributed by atoms with Crippen molar-refractivity contribution in [3.8, 4) is 0 Å². The lowest BCUT2D eigenvalue weighted by atomic mass is 10.1. The number of nitrogens with zero attached hydrogens (tertiary/aromatic N) is 1. The van der Waals surface area contributed by atoms with Crippen LogP contribution in [0.25, 0.3) is 0 Å². The third-order valence-corrected chi connectivity index (χ3v) is 5.17. The van der Waals surface area contributed by atoms with Crippen LogP contribution in [0.2, 0.25) is 5.02 Å². The summed E-state index contributed by atoms with van der Waals surface area (Å²) in [6.07, 6.45) is 0. The van der Waals surface area contributed by atoms with Gasteiger partial charge in [-0.25, -0.2) is 0 Å². The van der Waals surface area contributed by atoms with Crippen molar-refractivity contribution in [2.75, 3.05) is 19.0 Å². The van der Waals surface area contributed by atoms with Crippen molar-refractivity contribution in [1.82, 2.24) is 5.32 Å². The molecule has 0 spiro atoms. The molecule has 0 radical (unpaired) electrons. The van der Waals surface area contributed by atoms with Crippen LogP contribution in [0.15, 0.2) is 35.7 Å². The van der Waals surface area contributed by atoms with E-state index in [1.165, 1.54) is 10.4 Å². The molecule has 1 aromatic carbocycles. The fourth-order valence-electron chi connectivity index (χ4n) is 2.17. The zero-order chi connectivity index (χ0) is 14.7. The summed E-state index contributed by atoms with van der Waals surface area (Å²) in [4.78, 5) is 3.57. The Morgan fingerprint density at radius 3 is 2.55 bits per heavy atom. The number of hydrogen-bond donors (Lipinski definition) is 1. The van der Waals surface area contributed by atoms with Crippen molar-refractivity contribution in [3.05, 3.63) is 51.2 Å². The zero-order valence-electron chi connectivity index (χ0n) is 12.4. The first-order valence-electron chi connectivity index (χ1n) is 6.77. The number of hydrogen-bond acceptors (Lipinski definition) is 3. The third kappa shape index (κ3) is 3.17. The maximum atomic E-state index is 6.46. The number of rotatable bonds is 5. The van der Waals surface area contributed by atoms with Gasteiger partial charge in [0.05, 0.1) is 16.8 Å². The van der Waals surface area contributed by atoms with Crippen LogP contribution < -0.4 is 10.2 Å². The summed E-state index contributed by atoms with van der Waals surface area (Å²) < 4.78 is 0. The second kappa shape index (κ2) is 6.61. The quantitative estimate of drug-likeness (QED) is 0.847. The maximum Gasteiger partial charge on any atom is 0.0642 e. The van der Waals surface area contributed by atoms with E-state index in [1.807, 2.05) is 7.05 Å². The highest BCUT2D eigenvalue weighted by Gasteiger charge is 2.16. The molecule has 0 amide bonds. The number of halogens is 1. The first-order valence-corrected chi connectivity index (χ1v) is 8.03. The number of benzene rings is 1. The van der Waals surface area contributed by atoms with Gasteiger partial charge in [0.15, 0.2) is 0 Å². The number of nitrogens with one attached hydrogen (secondary N) is 1. The average molecular weight is 309 g/mol. The summed E-state index contributed by atoms with van der Waals surface area (Å²) in [6.45, 7) is 4.33. The molecule has 1 N–H and O–H groups in total. The highest BCUT2D eigenvalue weighted by atomic mass is 35.5. The molecule has 1 heterocycles. The van der Waals surface area contributed by atoms with E-state index in [9.17, 15) is 0 Å². The Bertz CT molecular complexity index is 554. The lowest BCUT2D eigenvalue weighted by Crippen LogP contribution is -2.21. The molecule has 2 aromatic rings. The number of thiophene rings is 1. The van der Waals surface area contributed by atoms with Gasteiger partial charge in [-0.15, -0.1) is 11.3 Å². The molecule has 0 aliphatic heterocycles. The fourth-order valence-corrected chi connectivity index (χ4v) is 3.32. The lowest BCUT2D eigenvalue weighted by Gasteiger charge is -2.27. The molecule has 0 saturated carbocycles. The van der Waals surface area contributed by atoms with Gasteiger partial charge in [-0.05, 0) is 50.0 Å². The summed E-state index contributed by atoms with van der Waals surface area (Å²) in [5.41, 5.74) is 2.28. The Balaban J connectivity index is 2.24. The van der Waals surface area contributed by atoms with Crippen LogP contribution >= 0.6 is 22.9 Å². The van der Waals surface area contributed by atoms with Crippen LogP contribution in [0, 0.1) is 0 Å². The van der Waals surface area contributed by atoms with Crippen molar-refractivity contribution >= 4 is 28.6 Å². The van der Waals surface area contributed by atoms with Gasteiger partial charge in [0.2, 0.25) is 0 Å². The molecule has 2 atom stereocenters. The molecule has 0 bridgehead atoms. The molecule has 4 heteroatoms. The largest absolute Gasteiger partial charge is 0.366 e. The molecule has 20 heavy (non-hydrogen) atoms. The van der Waals surface area contributed by atoms with E-state index in [0.717, 1.165) is 10.7 Å². The Hall–Kier alpha value is -1.03. The lowest BCUT2D eigenvalue weighted by molar-refractivity contribution is 0.652. The van der Waals surface area contributed by atoms with Crippen LogP contribution in [-0.2, 0) is 0 Å². The predicted molar refractivity (Wildman–Crippen MR) is 90.1 cm³/mol. The van der Waals surface area contributed by atoms with Gasteiger partial charge in [-0.1, -0.05) is 23.7 Å². The first kappa shape index (κ1) is 15.4. The fraction of sp³-hybridized carbons (Fsp3) is 0.375. The van der Waals surface area contributed by atoms with E-state index in [-0.39, 0.29) is 0 Å². The van der Waals surface area contributed by atoms with E-state index in [0.29, 0.717) is 12.1 Å². The molecule has 0 aliphatic rings. The van der Waals surface area contributed by atoms with Crippen molar-refractivity contribution < 1.29 is 0 Å². The summed E-state index contributed by atoms with van der Waals surface area (Å²) in [5, 5.41) is 6.14. The smallest absolute Gasteiger partial charge is 0.0642 e. The normalized spacial score (nSPS) is 14.1. The third-order valence-electron chi connectivity index (χ3n) is 3.82. The minimum absolute atomic E-state index is 0.307. The molecule has 0 saturated heterocycles. The summed E-state index contributed by atoms with van der Waals surface area (Å²) in [7, 11) is 4.05. The van der Waals surface area contributed by atoms with Crippen LogP contribution in [-0.4, -0.2) is 14.1 Å². The van der Waals surface area contributed by atoms with Crippen molar-refractivity contribution in [2.45, 2.75) is 25.9 Å². The van der Waals surface area contributed by atoms with E-state index in [2.05, 4.69) is 66.8 Å². The molecule has 1 aromatic heterocycles. The van der Waals surface area contributed by atoms with Gasteiger partial charge in [-0.3, -0.25) is 0 Å². The van der Waals surface area contributed by atoms with E-state index >= 15 is 0 Å². The summed E-state index contributed by atoms with van der Waals surface area (Å²) >= 11 is 8.24. The summed E-state index contributed by atoms with van der Waals surface area (Å²) in [6, 6.07) is 11.2. The SMILES string of the molecule is CNC(C)c1ccc(N(C)C(C)c2cccs2)c(Cl)c1. The van der Waals surface area contributed by atoms with E-state index in [4.69, 9.17) is 11.6 Å². The van der Waals surface area contributed by atoms with Crippen LogP contribution in [0.1, 0.15) is 36.4 Å². The maximum absolute atomic E-state index is 6.46. The average Bonchev–Trinajstić information content (AvgIpc) is 2.99. The highest BCUT2D eigenvalue weighted by Crippen LogP contribution is 2.34. The van der Waals surface area contributed by atoms with Crippen LogP contribution in [0.4, 0.5) is 5.69 Å². The molecule has 108 valence electrons. The van der Waals surface area contributed by atoms with Gasteiger partial charge >= 0.3 is 0 Å². The molecule has 0 fully saturated rings. The zero-order valence-corrected chi connectivity index (χ0v) is 13.9. The van der Waals surface area contributed by atoms with Gasteiger partial charge in [-0.2, -0.15) is 0 Å². The molecule has 2 unspecified atom stereocenters. The molecular weight excluding hydrogens is 288 g/mol. The second-order valence-electron chi connectivity index (χ2n) is 5.02. The van der Waals surface area contributed by atoms with Gasteiger partial charge in [0, 0.05) is 18.0 Å². The van der Waals surface area contributed by atoms with Crippen molar-refractivity contribution in [1.29, 1.82) is 0 Å². The molecular formula is C16H21ClN2S. The molecule has 0 aliphatic carbocycles. The van der Waals surface area contributed by atoms with Crippen molar-refractivity contribution in [2.24, 2.45) is 0 Å². The monoisotopic (exact) mass is 308 g/mol. The van der Waals surface area contributed by atoms with Crippen molar-refractivity contribution in [3.63, 3.8) is 0 Å². The molecule has 2 nitrogen and oxygen atoms in total. The van der Waals surface area contributed by atoms with Gasteiger partial charge in [0.25, 0.3) is 0 Å². The van der Waals surface area contributed by atoms with Gasteiger partial charge < -0.3 is 10.2 Å². The predicted octanol–water partition coefficient (Wildman–Crippen LogP) is 4.88. The molecule has 2 rings (SSSR count). The highest BCUT2D eigenvalue weighted by molar-refractivity contribution is 7.10. The summed E-state index contributed by atoms with van der Waals surface area (Å²) in [5.74, 6) is 0. The van der Waals surface area contributed by atoms with E-state index in [1.54, 1.807) is 11.3 Å². The standard InChI is InChI=1S/C16H21ClN2S/c1-11(18-3)13-7-8-15(14(17)10-13)19(4)12(2)16-6-5-9-20-16/h5-12,18H,1-4H3. The Labute approximate surface area is 130 Å². The number of anilines is 1.